The molecule has 1 saturated carbocycles. The van der Waals surface area contributed by atoms with Gasteiger partial charge in [0.25, 0.3) is 0 Å². The van der Waals surface area contributed by atoms with Crippen molar-refractivity contribution in [3.63, 3.8) is 0 Å². The van der Waals surface area contributed by atoms with Gasteiger partial charge in [0.1, 0.15) is 29.3 Å². The SMILES string of the molecule is COC(=O)N[C@H](C(=O)N1CCC[C@H]1c1ncc(-c2ccc3c(c2)cc2n3[C@H](c3cnc(C4CC4)s3)Oc3cc(-c4cnc([C@@H]5C[Si](C)(C)CN5C(O)OC(C)(C)C)[nH]4)cc(F)c3-2)[nH]1)C(C)C. The predicted molar refractivity (Wildman–Crippen MR) is 252 cm³/mol. The van der Waals surface area contributed by atoms with Gasteiger partial charge in [0.2, 0.25) is 18.5 Å². The Morgan fingerprint density at radius 2 is 1.71 bits per heavy atom. The number of halogens is 1. The van der Waals surface area contributed by atoms with Crippen molar-refractivity contribution in [3.8, 4) is 39.5 Å². The molecule has 4 N–H and O–H groups in total. The second-order valence-corrected chi connectivity index (χ2v) is 26.5. The van der Waals surface area contributed by atoms with E-state index in [0.29, 0.717) is 52.4 Å². The Bertz CT molecular complexity index is 2820. The van der Waals surface area contributed by atoms with Gasteiger partial charge >= 0.3 is 6.09 Å². The number of fused-ring (bicyclic) bond motifs is 5. The highest BCUT2D eigenvalue weighted by Crippen LogP contribution is 2.50. The van der Waals surface area contributed by atoms with Crippen LogP contribution in [0.1, 0.15) is 106 Å². The van der Waals surface area contributed by atoms with Crippen LogP contribution in [0.5, 0.6) is 5.75 Å². The summed E-state index contributed by atoms with van der Waals surface area (Å²) < 4.78 is 36.7. The van der Waals surface area contributed by atoms with E-state index in [-0.39, 0.29) is 23.9 Å². The maximum absolute atomic E-state index is 16.9. The molecule has 4 aliphatic rings. The minimum absolute atomic E-state index is 0.142. The van der Waals surface area contributed by atoms with E-state index in [1.165, 1.54) is 13.2 Å². The number of carbonyl (C=O) groups is 2. The number of H-pyrrole nitrogens is 2. The fourth-order valence-corrected chi connectivity index (χ4v) is 14.0. The van der Waals surface area contributed by atoms with Crippen molar-refractivity contribution in [2.75, 3.05) is 19.8 Å². The number of aromatic amines is 2. The Balaban J connectivity index is 0.979. The van der Waals surface area contributed by atoms with Crippen LogP contribution in [0.3, 0.4) is 0 Å². The average Bonchev–Trinajstić information content (AvgIpc) is 3.94. The van der Waals surface area contributed by atoms with Gasteiger partial charge in [-0.2, -0.15) is 0 Å². The summed E-state index contributed by atoms with van der Waals surface area (Å²) in [4.78, 5) is 52.0. The highest BCUT2D eigenvalue weighted by molar-refractivity contribution is 7.11. The summed E-state index contributed by atoms with van der Waals surface area (Å²) in [6, 6.07) is 11.3. The second kappa shape index (κ2) is 16.7. The number of benzene rings is 2. The number of imidazole rings is 2. The van der Waals surface area contributed by atoms with Gasteiger partial charge in [-0.25, -0.2) is 29.0 Å². The lowest BCUT2D eigenvalue weighted by Gasteiger charge is -2.33. The minimum Gasteiger partial charge on any atom is -0.464 e. The maximum Gasteiger partial charge on any atom is 0.407 e. The number of hydrogen-bond donors (Lipinski definition) is 4. The first-order chi connectivity index (χ1) is 31.4. The first-order valence-electron chi connectivity index (χ1n) is 22.9. The summed E-state index contributed by atoms with van der Waals surface area (Å²) in [5.41, 5.74) is 4.32. The lowest BCUT2D eigenvalue weighted by molar-refractivity contribution is -0.241. The van der Waals surface area contributed by atoms with E-state index in [1.54, 1.807) is 28.6 Å². The van der Waals surface area contributed by atoms with Crippen molar-refractivity contribution < 1.29 is 33.3 Å². The zero-order valence-corrected chi connectivity index (χ0v) is 40.5. The number of carbonyl (C=O) groups excluding carboxylic acids is 2. The smallest absolute Gasteiger partial charge is 0.407 e. The standard InChI is InChI=1S/C48H58FN9O6SSi/c1-25(2)40(55-46(60)62-6)44(59)56-15-9-10-34(56)41-50-20-31(53-41)27-13-14-33-29(16-27)18-35-39-30(49)17-28(19-37(39)63-45(58(33)35)38-22-52-43(65-38)26-11-12-26)32-21-51-42(54-32)36-23-66(7,8)24-57(36)47(61)64-48(3,4)5/h13-14,16-22,25-26,34,36,40,45,47,61H,9-12,15,23-24H2,1-8H3,(H,50,53)(H,51,54)(H,55,60)/t34-,36-,40-,45-,47?/m0/s1. The third kappa shape index (κ3) is 8.35. The average molecular weight is 936 g/mol. The quantitative estimate of drug-likeness (QED) is 0.0724. The molecule has 0 bridgehead atoms. The Morgan fingerprint density at radius 3 is 2.41 bits per heavy atom. The van der Waals surface area contributed by atoms with Crippen molar-refractivity contribution in [1.82, 2.24) is 44.6 Å². The number of rotatable bonds is 11. The Labute approximate surface area is 388 Å². The van der Waals surface area contributed by atoms with Crippen LogP contribution in [0.25, 0.3) is 44.7 Å². The molecular formula is C48H58FN9O6SSi. The van der Waals surface area contributed by atoms with Crippen LogP contribution in [0.15, 0.2) is 55.0 Å². The number of thiazole rings is 1. The molecule has 5 atom stereocenters. The third-order valence-electron chi connectivity index (χ3n) is 13.2. The van der Waals surface area contributed by atoms with Gasteiger partial charge in [-0.05, 0) is 94.9 Å². The molecule has 0 spiro atoms. The van der Waals surface area contributed by atoms with Gasteiger partial charge in [-0.3, -0.25) is 9.36 Å². The van der Waals surface area contributed by atoms with Crippen LogP contribution >= 0.6 is 11.3 Å². The van der Waals surface area contributed by atoms with E-state index < -0.39 is 44.3 Å². The number of methoxy groups -OCH3 is 1. The molecule has 0 radical (unpaired) electrons. The Hall–Kier alpha value is -5.40. The van der Waals surface area contributed by atoms with Gasteiger partial charge in [0.15, 0.2) is 0 Å². The zero-order chi connectivity index (χ0) is 46.4. The van der Waals surface area contributed by atoms with Crippen molar-refractivity contribution in [2.24, 2.45) is 5.92 Å². The van der Waals surface area contributed by atoms with E-state index in [1.807, 2.05) is 70.0 Å². The normalized spacial score (nSPS) is 21.5. The minimum atomic E-state index is -1.71. The molecule has 2 saturated heterocycles. The van der Waals surface area contributed by atoms with Gasteiger partial charge in [-0.1, -0.05) is 33.0 Å². The number of amides is 2. The largest absolute Gasteiger partial charge is 0.464 e. The lowest BCUT2D eigenvalue weighted by atomic mass is 10.0. The highest BCUT2D eigenvalue weighted by atomic mass is 32.1. The molecule has 15 nitrogen and oxygen atoms in total. The number of nitrogens with zero attached hydrogens (tertiary/aromatic N) is 6. The Kier molecular flexibility index (Phi) is 11.3. The summed E-state index contributed by atoms with van der Waals surface area (Å²) in [6.45, 7) is 14.7. The van der Waals surface area contributed by atoms with Crippen LogP contribution in [0.4, 0.5) is 9.18 Å². The molecule has 18 heteroatoms. The summed E-state index contributed by atoms with van der Waals surface area (Å²) in [6.07, 6.45) is 7.64. The molecule has 2 aromatic carbocycles. The fourth-order valence-electron chi connectivity index (χ4n) is 9.90. The van der Waals surface area contributed by atoms with E-state index in [9.17, 15) is 14.7 Å². The van der Waals surface area contributed by atoms with Crippen LogP contribution in [-0.4, -0.2) is 102 Å². The first kappa shape index (κ1) is 44.4. The van der Waals surface area contributed by atoms with Crippen LogP contribution in [0.2, 0.25) is 19.1 Å². The summed E-state index contributed by atoms with van der Waals surface area (Å²) in [7, 11) is -0.428. The molecule has 3 aliphatic heterocycles. The van der Waals surface area contributed by atoms with Gasteiger partial charge in [0, 0.05) is 35.2 Å². The van der Waals surface area contributed by atoms with E-state index in [0.717, 1.165) is 69.9 Å². The number of alkyl carbamates (subject to hydrolysis) is 1. The number of ether oxygens (including phenoxy) is 3. The number of aliphatic hydroxyl groups excluding tert-OH is 1. The van der Waals surface area contributed by atoms with Crippen LogP contribution in [-0.2, 0) is 14.3 Å². The van der Waals surface area contributed by atoms with E-state index in [2.05, 4.69) is 39.0 Å². The molecule has 3 fully saturated rings. The topological polar surface area (TPSA) is 176 Å². The van der Waals surface area contributed by atoms with E-state index in [4.69, 9.17) is 29.2 Å². The lowest BCUT2D eigenvalue weighted by Crippen LogP contribution is -2.51. The zero-order valence-electron chi connectivity index (χ0n) is 38.6. The maximum atomic E-state index is 16.9. The predicted octanol–water partition coefficient (Wildman–Crippen LogP) is 9.24. The molecule has 6 aromatic rings. The van der Waals surface area contributed by atoms with E-state index >= 15 is 4.39 Å². The number of nitrogens with one attached hydrogen (secondary N) is 3. The molecule has 66 heavy (non-hydrogen) atoms. The number of likely N-dealkylation sites (tertiary alicyclic amines) is 1. The van der Waals surface area contributed by atoms with Gasteiger partial charge < -0.3 is 39.5 Å². The molecule has 2 amide bonds. The molecule has 348 valence electrons. The number of hydrogen-bond acceptors (Lipinski definition) is 11. The van der Waals surface area contributed by atoms with Gasteiger partial charge in [0.05, 0.1) is 83.3 Å². The third-order valence-corrected chi connectivity index (χ3v) is 17.1. The molecule has 10 rings (SSSR count). The monoisotopic (exact) mass is 935 g/mol. The summed E-state index contributed by atoms with van der Waals surface area (Å²) in [5, 5.41) is 15.9. The van der Waals surface area contributed by atoms with Crippen molar-refractivity contribution in [3.05, 3.63) is 82.3 Å². The number of aliphatic hydroxyl groups is 1. The van der Waals surface area contributed by atoms with Crippen molar-refractivity contribution in [1.29, 1.82) is 0 Å². The highest BCUT2D eigenvalue weighted by Gasteiger charge is 2.45. The molecule has 7 heterocycles. The second-order valence-electron chi connectivity index (χ2n) is 20.4. The molecule has 1 unspecified atom stereocenters. The first-order valence-corrected chi connectivity index (χ1v) is 27.2. The summed E-state index contributed by atoms with van der Waals surface area (Å²) >= 11 is 1.64. The van der Waals surface area contributed by atoms with Crippen LogP contribution < -0.4 is 10.1 Å². The molecule has 4 aromatic heterocycles. The van der Waals surface area contributed by atoms with Gasteiger partial charge in [-0.15, -0.1) is 11.3 Å². The molecule has 1 aliphatic carbocycles. The van der Waals surface area contributed by atoms with Crippen molar-refractivity contribution >= 4 is 42.3 Å². The summed E-state index contributed by atoms with van der Waals surface area (Å²) in [5.74, 6) is 1.53. The fraction of sp³-hybridized carbons (Fsp3) is 0.479. The Morgan fingerprint density at radius 1 is 0.985 bits per heavy atom. The van der Waals surface area contributed by atoms with Crippen LogP contribution in [0, 0.1) is 11.7 Å². The molecular weight excluding hydrogens is 878 g/mol. The number of aromatic nitrogens is 6. The van der Waals surface area contributed by atoms with Crippen molar-refractivity contribution in [2.45, 2.75) is 122 Å².